The Morgan fingerprint density at radius 3 is 3.15 bits per heavy atom. The normalized spacial score (nSPS) is 22.1. The molecule has 4 heteroatoms. The summed E-state index contributed by atoms with van der Waals surface area (Å²) in [5, 5.41) is 3.25. The fourth-order valence-corrected chi connectivity index (χ4v) is 1.69. The van der Waals surface area contributed by atoms with Gasteiger partial charge in [0.25, 0.3) is 0 Å². The molecule has 70 valence electrons. The van der Waals surface area contributed by atoms with Crippen LogP contribution in [0.3, 0.4) is 0 Å². The van der Waals surface area contributed by atoms with Crippen molar-refractivity contribution in [1.82, 2.24) is 10.3 Å². The van der Waals surface area contributed by atoms with Crippen LogP contribution >= 0.6 is 0 Å². The Hall–Kier alpha value is -1.16. The highest BCUT2D eigenvalue weighted by molar-refractivity contribution is 5.41. The van der Waals surface area contributed by atoms with Crippen molar-refractivity contribution in [1.29, 1.82) is 0 Å². The molecule has 0 saturated carbocycles. The number of rotatable bonds is 1. The Morgan fingerprint density at radius 2 is 2.46 bits per heavy atom. The number of hydrogen-bond acceptors (Lipinski definition) is 3. The van der Waals surface area contributed by atoms with Crippen LogP contribution in [0.2, 0.25) is 0 Å². The van der Waals surface area contributed by atoms with Crippen molar-refractivity contribution in [2.24, 2.45) is 0 Å². The number of anilines is 1. The quantitative estimate of drug-likeness (QED) is 0.685. The number of pyridine rings is 1. The van der Waals surface area contributed by atoms with Crippen LogP contribution in [0, 0.1) is 5.82 Å². The predicted molar refractivity (Wildman–Crippen MR) is 48.6 cm³/mol. The fraction of sp³-hybridized carbons (Fsp3) is 0.444. The molecule has 0 radical (unpaired) electrons. The van der Waals surface area contributed by atoms with Crippen molar-refractivity contribution in [3.8, 4) is 0 Å². The van der Waals surface area contributed by atoms with Gasteiger partial charge in [-0.1, -0.05) is 0 Å². The molecule has 0 spiro atoms. The van der Waals surface area contributed by atoms with E-state index in [1.54, 1.807) is 0 Å². The molecule has 3 N–H and O–H groups in total. The lowest BCUT2D eigenvalue weighted by atomic mass is 10.1. The van der Waals surface area contributed by atoms with Crippen LogP contribution in [0.15, 0.2) is 12.3 Å². The topological polar surface area (TPSA) is 50.9 Å². The highest BCUT2D eigenvalue weighted by atomic mass is 19.1. The Labute approximate surface area is 76.2 Å². The van der Waals surface area contributed by atoms with Gasteiger partial charge in [0, 0.05) is 11.6 Å². The van der Waals surface area contributed by atoms with Gasteiger partial charge in [0.1, 0.15) is 11.6 Å². The minimum absolute atomic E-state index is 0.184. The summed E-state index contributed by atoms with van der Waals surface area (Å²) in [4.78, 5) is 3.79. The van der Waals surface area contributed by atoms with Gasteiger partial charge in [0.2, 0.25) is 0 Å². The number of nitrogens with two attached hydrogens (primary N) is 1. The predicted octanol–water partition coefficient (Wildman–Crippen LogP) is 1.23. The lowest BCUT2D eigenvalue weighted by molar-refractivity contribution is 0.600. The molecule has 0 aromatic carbocycles. The van der Waals surface area contributed by atoms with E-state index in [4.69, 9.17) is 5.73 Å². The van der Waals surface area contributed by atoms with E-state index in [0.717, 1.165) is 31.1 Å². The number of nitrogen functional groups attached to an aromatic ring is 1. The molecule has 0 aliphatic carbocycles. The van der Waals surface area contributed by atoms with E-state index in [-0.39, 0.29) is 11.9 Å². The molecule has 1 aromatic heterocycles. The van der Waals surface area contributed by atoms with Crippen LogP contribution in [-0.2, 0) is 0 Å². The Kier molecular flexibility index (Phi) is 2.14. The van der Waals surface area contributed by atoms with E-state index < -0.39 is 0 Å². The smallest absolute Gasteiger partial charge is 0.141 e. The minimum atomic E-state index is -0.321. The fourth-order valence-electron chi connectivity index (χ4n) is 1.69. The van der Waals surface area contributed by atoms with Crippen LogP contribution in [0.1, 0.15) is 24.4 Å². The zero-order chi connectivity index (χ0) is 9.26. The van der Waals surface area contributed by atoms with E-state index >= 15 is 0 Å². The Bertz CT molecular complexity index is 308. The van der Waals surface area contributed by atoms with Crippen LogP contribution in [-0.4, -0.2) is 11.5 Å². The van der Waals surface area contributed by atoms with E-state index in [1.807, 2.05) is 0 Å². The summed E-state index contributed by atoms with van der Waals surface area (Å²) >= 11 is 0. The Balaban J connectivity index is 2.32. The van der Waals surface area contributed by atoms with Crippen molar-refractivity contribution >= 4 is 5.82 Å². The summed E-state index contributed by atoms with van der Waals surface area (Å²) in [6.45, 7) is 0.973. The molecule has 3 nitrogen and oxygen atoms in total. The third kappa shape index (κ3) is 1.62. The summed E-state index contributed by atoms with van der Waals surface area (Å²) in [7, 11) is 0. The lowest BCUT2D eigenvalue weighted by Gasteiger charge is -2.11. The summed E-state index contributed by atoms with van der Waals surface area (Å²) in [5.41, 5.74) is 6.44. The molecule has 2 rings (SSSR count). The first kappa shape index (κ1) is 8.44. The van der Waals surface area contributed by atoms with Crippen molar-refractivity contribution < 1.29 is 4.39 Å². The summed E-state index contributed by atoms with van der Waals surface area (Å²) in [5.74, 6) is 0.110. The van der Waals surface area contributed by atoms with Gasteiger partial charge >= 0.3 is 0 Å². The van der Waals surface area contributed by atoms with E-state index in [2.05, 4.69) is 10.3 Å². The minimum Gasteiger partial charge on any atom is -0.383 e. The van der Waals surface area contributed by atoms with Gasteiger partial charge in [-0.2, -0.15) is 0 Å². The molecular weight excluding hydrogens is 169 g/mol. The van der Waals surface area contributed by atoms with Gasteiger partial charge in [-0.25, -0.2) is 9.37 Å². The van der Waals surface area contributed by atoms with Crippen LogP contribution in [0.4, 0.5) is 10.2 Å². The zero-order valence-electron chi connectivity index (χ0n) is 7.26. The first-order chi connectivity index (χ1) is 6.27. The molecule has 13 heavy (non-hydrogen) atoms. The van der Waals surface area contributed by atoms with Gasteiger partial charge in [-0.05, 0) is 25.5 Å². The second-order valence-corrected chi connectivity index (χ2v) is 3.28. The van der Waals surface area contributed by atoms with E-state index in [1.165, 1.54) is 6.07 Å². The number of hydrogen-bond donors (Lipinski definition) is 2. The standard InChI is InChI=1S/C9H12FN3/c10-6-4-7(9(11)13-5-6)8-2-1-3-12-8/h4-5,8,12H,1-3H2,(H2,11,13). The highest BCUT2D eigenvalue weighted by Crippen LogP contribution is 2.26. The van der Waals surface area contributed by atoms with Gasteiger partial charge in [-0.15, -0.1) is 0 Å². The summed E-state index contributed by atoms with van der Waals surface area (Å²) in [6, 6.07) is 1.65. The highest BCUT2D eigenvalue weighted by Gasteiger charge is 2.19. The molecule has 1 saturated heterocycles. The number of halogens is 1. The van der Waals surface area contributed by atoms with Crippen LogP contribution in [0.5, 0.6) is 0 Å². The maximum atomic E-state index is 12.9. The second-order valence-electron chi connectivity index (χ2n) is 3.28. The molecule has 0 bridgehead atoms. The first-order valence-electron chi connectivity index (χ1n) is 4.41. The molecule has 1 aliphatic rings. The van der Waals surface area contributed by atoms with Gasteiger partial charge < -0.3 is 11.1 Å². The molecule has 0 amide bonds. The second kappa shape index (κ2) is 3.30. The SMILES string of the molecule is Nc1ncc(F)cc1C1CCCN1. The van der Waals surface area contributed by atoms with Crippen LogP contribution in [0.25, 0.3) is 0 Å². The number of nitrogens with one attached hydrogen (secondary N) is 1. The monoisotopic (exact) mass is 181 g/mol. The third-order valence-corrected chi connectivity index (χ3v) is 2.35. The van der Waals surface area contributed by atoms with E-state index in [9.17, 15) is 4.39 Å². The number of aromatic nitrogens is 1. The molecule has 1 aromatic rings. The van der Waals surface area contributed by atoms with Crippen molar-refractivity contribution in [3.05, 3.63) is 23.6 Å². The lowest BCUT2D eigenvalue weighted by Crippen LogP contribution is -2.15. The van der Waals surface area contributed by atoms with Gasteiger partial charge in [0.15, 0.2) is 0 Å². The first-order valence-corrected chi connectivity index (χ1v) is 4.41. The van der Waals surface area contributed by atoms with E-state index in [0.29, 0.717) is 5.82 Å². The number of nitrogens with zero attached hydrogens (tertiary/aromatic N) is 1. The van der Waals surface area contributed by atoms with Crippen molar-refractivity contribution in [2.75, 3.05) is 12.3 Å². The van der Waals surface area contributed by atoms with Crippen molar-refractivity contribution in [3.63, 3.8) is 0 Å². The van der Waals surface area contributed by atoms with Gasteiger partial charge in [-0.3, -0.25) is 0 Å². The van der Waals surface area contributed by atoms with Gasteiger partial charge in [0.05, 0.1) is 6.20 Å². The zero-order valence-corrected chi connectivity index (χ0v) is 7.26. The van der Waals surface area contributed by atoms with Crippen LogP contribution < -0.4 is 11.1 Å². The molecule has 1 fully saturated rings. The van der Waals surface area contributed by atoms with Crippen molar-refractivity contribution in [2.45, 2.75) is 18.9 Å². The maximum Gasteiger partial charge on any atom is 0.141 e. The summed E-state index contributed by atoms with van der Waals surface area (Å²) < 4.78 is 12.9. The Morgan fingerprint density at radius 1 is 1.62 bits per heavy atom. The average molecular weight is 181 g/mol. The molecule has 1 atom stereocenters. The molecule has 1 aliphatic heterocycles. The maximum absolute atomic E-state index is 12.9. The third-order valence-electron chi connectivity index (χ3n) is 2.35. The molecule has 1 unspecified atom stereocenters. The molecular formula is C9H12FN3. The largest absolute Gasteiger partial charge is 0.383 e. The average Bonchev–Trinajstić information content (AvgIpc) is 2.61. The summed E-state index contributed by atoms with van der Waals surface area (Å²) in [6.07, 6.45) is 3.27. The molecule has 2 heterocycles.